The van der Waals surface area contributed by atoms with Gasteiger partial charge in [-0.2, -0.15) is 0 Å². The van der Waals surface area contributed by atoms with Crippen molar-refractivity contribution < 1.29 is 24.2 Å². The summed E-state index contributed by atoms with van der Waals surface area (Å²) in [4.78, 5) is 39.2. The number of nitrogens with one attached hydrogen (secondary N) is 2. The van der Waals surface area contributed by atoms with Crippen molar-refractivity contribution in [3.05, 3.63) is 59.7 Å². The summed E-state index contributed by atoms with van der Waals surface area (Å²) in [6.07, 6.45) is -0.271. The Kier molecular flexibility index (Phi) is 7.94. The van der Waals surface area contributed by atoms with Gasteiger partial charge in [0.05, 0.1) is 0 Å². The lowest BCUT2D eigenvalue weighted by atomic mass is 9.92. The number of alkyl carbamates (subject to hydrolysis) is 1. The van der Waals surface area contributed by atoms with Crippen LogP contribution in [-0.2, 0) is 14.3 Å². The Bertz CT molecular complexity index is 1000. The summed E-state index contributed by atoms with van der Waals surface area (Å²) in [5, 5.41) is 14.9. The van der Waals surface area contributed by atoms with Crippen molar-refractivity contribution in [2.24, 2.45) is 0 Å². The highest BCUT2D eigenvalue weighted by Crippen LogP contribution is 2.44. The molecule has 8 heteroatoms. The molecular formula is C26H33N3O5. The molecule has 2 aromatic rings. The lowest BCUT2D eigenvalue weighted by Crippen LogP contribution is -2.60. The molecule has 3 N–H and O–H groups in total. The molecule has 1 unspecified atom stereocenters. The Balaban J connectivity index is 1.70. The van der Waals surface area contributed by atoms with Gasteiger partial charge >= 0.3 is 12.1 Å². The number of likely N-dealkylation sites (N-methyl/N-ethyl adjacent to an activating group) is 1. The Morgan fingerprint density at radius 2 is 1.53 bits per heavy atom. The molecule has 0 aromatic heterocycles. The fraction of sp³-hybridized carbons (Fsp3) is 0.423. The van der Waals surface area contributed by atoms with Crippen molar-refractivity contribution in [2.45, 2.75) is 44.2 Å². The van der Waals surface area contributed by atoms with E-state index in [4.69, 9.17) is 4.74 Å². The molecule has 0 aliphatic heterocycles. The van der Waals surface area contributed by atoms with Gasteiger partial charge < -0.3 is 25.4 Å². The third kappa shape index (κ3) is 5.22. The lowest BCUT2D eigenvalue weighted by Gasteiger charge is -2.31. The molecule has 0 fully saturated rings. The van der Waals surface area contributed by atoms with Crippen molar-refractivity contribution >= 4 is 18.0 Å². The van der Waals surface area contributed by atoms with Crippen LogP contribution in [0.3, 0.4) is 0 Å². The molecule has 0 radical (unpaired) electrons. The maximum atomic E-state index is 13.0. The summed E-state index contributed by atoms with van der Waals surface area (Å²) in [6.45, 7) is 3.73. The van der Waals surface area contributed by atoms with E-state index in [1.165, 1.54) is 0 Å². The predicted molar refractivity (Wildman–Crippen MR) is 130 cm³/mol. The first-order valence-corrected chi connectivity index (χ1v) is 11.5. The first-order chi connectivity index (χ1) is 16.2. The summed E-state index contributed by atoms with van der Waals surface area (Å²) in [6, 6.07) is 15.1. The maximum Gasteiger partial charge on any atom is 0.407 e. The second-order valence-electron chi connectivity index (χ2n) is 8.87. The van der Waals surface area contributed by atoms with Crippen molar-refractivity contribution in [1.29, 1.82) is 0 Å². The second kappa shape index (κ2) is 10.7. The summed E-state index contributed by atoms with van der Waals surface area (Å²) < 4.78 is 5.57. The largest absolute Gasteiger partial charge is 0.480 e. The molecule has 0 bridgehead atoms. The molecule has 3 rings (SSSR count). The van der Waals surface area contributed by atoms with Crippen LogP contribution in [-0.4, -0.2) is 66.8 Å². The third-order valence-corrected chi connectivity index (χ3v) is 6.48. The van der Waals surface area contributed by atoms with E-state index in [1.807, 2.05) is 36.4 Å². The minimum absolute atomic E-state index is 0.0980. The summed E-state index contributed by atoms with van der Waals surface area (Å²) in [7, 11) is 3.54. The number of fused-ring (bicyclic) bond motifs is 3. The van der Waals surface area contributed by atoms with Gasteiger partial charge in [-0.15, -0.1) is 0 Å². The van der Waals surface area contributed by atoms with E-state index < -0.39 is 29.6 Å². The number of hydrogen-bond acceptors (Lipinski definition) is 5. The van der Waals surface area contributed by atoms with E-state index in [1.54, 1.807) is 32.8 Å². The zero-order valence-corrected chi connectivity index (χ0v) is 20.1. The number of nitrogens with zero attached hydrogens (tertiary/aromatic N) is 1. The molecule has 182 valence electrons. The molecule has 1 aliphatic rings. The lowest BCUT2D eigenvalue weighted by molar-refractivity contribution is -0.148. The molecule has 1 aliphatic carbocycles. The first kappa shape index (κ1) is 25.2. The average Bonchev–Trinajstić information content (AvgIpc) is 3.14. The first-order valence-electron chi connectivity index (χ1n) is 11.5. The number of rotatable bonds is 10. The Labute approximate surface area is 200 Å². The number of carbonyl (C=O) groups excluding carboxylic acids is 2. The minimum Gasteiger partial charge on any atom is -0.480 e. The molecule has 0 heterocycles. The molecule has 2 aromatic carbocycles. The van der Waals surface area contributed by atoms with Crippen LogP contribution in [0.25, 0.3) is 11.1 Å². The topological polar surface area (TPSA) is 108 Å². The van der Waals surface area contributed by atoms with E-state index >= 15 is 0 Å². The van der Waals surface area contributed by atoms with Crippen LogP contribution >= 0.6 is 0 Å². The number of carbonyl (C=O) groups is 3. The van der Waals surface area contributed by atoms with Crippen molar-refractivity contribution in [2.75, 3.05) is 27.2 Å². The van der Waals surface area contributed by atoms with Crippen LogP contribution in [0, 0.1) is 0 Å². The zero-order valence-electron chi connectivity index (χ0n) is 20.1. The fourth-order valence-electron chi connectivity index (χ4n) is 4.45. The second-order valence-corrected chi connectivity index (χ2v) is 8.87. The standard InChI is InChI=1S/C26H33N3O5/c1-5-26(6-2,24(31)32)28-23(30)22(15-29(3)4)27-25(33)34-16-21-19-13-9-7-11-17(19)18-12-8-10-14-20(18)21/h7-14,21-22H,5-6,15-16H2,1-4H3,(H,27,33)(H,28,30)(H,31,32). The summed E-state index contributed by atoms with van der Waals surface area (Å²) in [5.41, 5.74) is 3.06. The van der Waals surface area contributed by atoms with Gasteiger partial charge in [0.1, 0.15) is 18.2 Å². The van der Waals surface area contributed by atoms with Gasteiger partial charge in [-0.05, 0) is 49.2 Å². The molecule has 1 atom stereocenters. The van der Waals surface area contributed by atoms with Gasteiger partial charge in [-0.3, -0.25) is 4.79 Å². The van der Waals surface area contributed by atoms with Crippen LogP contribution in [0.2, 0.25) is 0 Å². The number of ether oxygens (including phenoxy) is 1. The predicted octanol–water partition coefficient (Wildman–Crippen LogP) is 3.21. The molecule has 0 saturated carbocycles. The quantitative estimate of drug-likeness (QED) is 0.495. The minimum atomic E-state index is -1.38. The molecule has 8 nitrogen and oxygen atoms in total. The van der Waals surface area contributed by atoms with E-state index in [0.29, 0.717) is 0 Å². The van der Waals surface area contributed by atoms with E-state index in [9.17, 15) is 19.5 Å². The van der Waals surface area contributed by atoms with Gasteiger partial charge in [0, 0.05) is 12.5 Å². The van der Waals surface area contributed by atoms with Crippen molar-refractivity contribution in [3.63, 3.8) is 0 Å². The van der Waals surface area contributed by atoms with E-state index in [-0.39, 0.29) is 31.9 Å². The zero-order chi connectivity index (χ0) is 24.9. The number of aliphatic carboxylic acids is 1. The van der Waals surface area contributed by atoms with Crippen LogP contribution in [0.4, 0.5) is 4.79 Å². The summed E-state index contributed by atoms with van der Waals surface area (Å²) >= 11 is 0. The summed E-state index contributed by atoms with van der Waals surface area (Å²) in [5.74, 6) is -1.76. The van der Waals surface area contributed by atoms with Crippen molar-refractivity contribution in [3.8, 4) is 11.1 Å². The van der Waals surface area contributed by atoms with Gasteiger partial charge in [-0.1, -0.05) is 62.4 Å². The van der Waals surface area contributed by atoms with Crippen molar-refractivity contribution in [1.82, 2.24) is 15.5 Å². The van der Waals surface area contributed by atoms with E-state index in [0.717, 1.165) is 22.3 Å². The van der Waals surface area contributed by atoms with Gasteiger partial charge in [0.2, 0.25) is 5.91 Å². The number of hydrogen-bond donors (Lipinski definition) is 3. The molecule has 2 amide bonds. The number of benzene rings is 2. The Hall–Kier alpha value is -3.39. The highest BCUT2D eigenvalue weighted by atomic mass is 16.5. The monoisotopic (exact) mass is 467 g/mol. The SMILES string of the molecule is CCC(CC)(NC(=O)C(CN(C)C)NC(=O)OCC1c2ccccc2-c2ccccc21)C(=O)O. The van der Waals surface area contributed by atoms with Crippen LogP contribution < -0.4 is 10.6 Å². The third-order valence-electron chi connectivity index (χ3n) is 6.48. The Morgan fingerprint density at radius 1 is 1.00 bits per heavy atom. The average molecular weight is 468 g/mol. The molecule has 34 heavy (non-hydrogen) atoms. The highest BCUT2D eigenvalue weighted by Gasteiger charge is 2.38. The van der Waals surface area contributed by atoms with Crippen LogP contribution in [0.5, 0.6) is 0 Å². The molecule has 0 spiro atoms. The van der Waals surface area contributed by atoms with Gasteiger partial charge in [0.25, 0.3) is 0 Å². The fourth-order valence-corrected chi connectivity index (χ4v) is 4.45. The number of amides is 2. The smallest absolute Gasteiger partial charge is 0.407 e. The van der Waals surface area contributed by atoms with Gasteiger partial charge in [-0.25, -0.2) is 9.59 Å². The highest BCUT2D eigenvalue weighted by molar-refractivity contribution is 5.91. The van der Waals surface area contributed by atoms with E-state index in [2.05, 4.69) is 22.8 Å². The number of carboxylic acid groups (broad SMARTS) is 1. The molecular weight excluding hydrogens is 434 g/mol. The van der Waals surface area contributed by atoms with Gasteiger partial charge in [0.15, 0.2) is 0 Å². The molecule has 0 saturated heterocycles. The maximum absolute atomic E-state index is 13.0. The normalized spacial score (nSPS) is 13.7. The Morgan fingerprint density at radius 3 is 2.00 bits per heavy atom. The van der Waals surface area contributed by atoms with Crippen LogP contribution in [0.1, 0.15) is 43.7 Å². The van der Waals surface area contributed by atoms with Crippen LogP contribution in [0.15, 0.2) is 48.5 Å². The number of carboxylic acids is 1.